The first-order valence-corrected chi connectivity index (χ1v) is 9.54. The van der Waals surface area contributed by atoms with E-state index in [1.54, 1.807) is 5.38 Å². The molecule has 8 heteroatoms. The Bertz CT molecular complexity index is 958. The molecule has 0 aliphatic rings. The minimum Gasteiger partial charge on any atom is -0.248 e. The van der Waals surface area contributed by atoms with Crippen molar-refractivity contribution in [1.29, 1.82) is 0 Å². The van der Waals surface area contributed by atoms with Crippen molar-refractivity contribution in [3.05, 3.63) is 81.3 Å². The number of nitrogens with zero attached hydrogens (tertiary/aromatic N) is 1. The first kappa shape index (κ1) is 17.0. The average molecular weight is 386 g/mol. The number of thiazole rings is 1. The van der Waals surface area contributed by atoms with Crippen LogP contribution in [0.3, 0.4) is 0 Å². The van der Waals surface area contributed by atoms with Gasteiger partial charge in [0.1, 0.15) is 21.9 Å². The largest absolute Gasteiger partial charge is 0.248 e. The number of hydrogen-bond acceptors (Lipinski definition) is 4. The van der Waals surface area contributed by atoms with Crippen molar-refractivity contribution < 1.29 is 17.2 Å². The Hall–Kier alpha value is -1.83. The molecule has 0 amide bonds. The van der Waals surface area contributed by atoms with Crippen LogP contribution in [0.25, 0.3) is 0 Å². The fraction of sp³-hybridized carbons (Fsp3) is 0.0625. The first-order chi connectivity index (χ1) is 11.4. The molecule has 24 heavy (non-hydrogen) atoms. The van der Waals surface area contributed by atoms with Crippen molar-refractivity contribution in [2.45, 2.75) is 10.1 Å². The third kappa shape index (κ3) is 3.19. The Morgan fingerprint density at radius 3 is 2.42 bits per heavy atom. The van der Waals surface area contributed by atoms with Gasteiger partial charge in [-0.05, 0) is 42.5 Å². The van der Waals surface area contributed by atoms with E-state index in [0.717, 1.165) is 29.5 Å². The van der Waals surface area contributed by atoms with Crippen LogP contribution in [-0.2, 0) is 9.84 Å². The maximum Gasteiger partial charge on any atom is 0.192 e. The van der Waals surface area contributed by atoms with Gasteiger partial charge in [0.15, 0.2) is 9.84 Å². The summed E-state index contributed by atoms with van der Waals surface area (Å²) in [5.74, 6) is -1.53. The zero-order valence-corrected chi connectivity index (χ0v) is 14.4. The molecule has 0 saturated carbocycles. The van der Waals surface area contributed by atoms with E-state index in [9.17, 15) is 17.2 Å². The van der Waals surface area contributed by atoms with E-state index in [1.165, 1.54) is 30.5 Å². The third-order valence-corrected chi connectivity index (χ3v) is 6.64. The highest BCUT2D eigenvalue weighted by atomic mass is 35.5. The topological polar surface area (TPSA) is 47.0 Å². The molecule has 1 heterocycles. The molecule has 0 aliphatic heterocycles. The summed E-state index contributed by atoms with van der Waals surface area (Å²) in [5.41, 5.74) is -0.278. The van der Waals surface area contributed by atoms with Crippen LogP contribution in [-0.4, -0.2) is 13.4 Å². The predicted molar refractivity (Wildman–Crippen MR) is 89.0 cm³/mol. The number of rotatable bonds is 4. The molecule has 0 spiro atoms. The van der Waals surface area contributed by atoms with E-state index in [-0.39, 0.29) is 15.5 Å². The van der Waals surface area contributed by atoms with Crippen molar-refractivity contribution in [3.63, 3.8) is 0 Å². The van der Waals surface area contributed by atoms with E-state index >= 15 is 0 Å². The highest BCUT2D eigenvalue weighted by Gasteiger charge is 2.35. The predicted octanol–water partition coefficient (Wildman–Crippen LogP) is 4.64. The minimum absolute atomic E-state index is 0.0456. The second kappa shape index (κ2) is 6.58. The lowest BCUT2D eigenvalue weighted by Gasteiger charge is -2.17. The zero-order valence-electron chi connectivity index (χ0n) is 12.0. The van der Waals surface area contributed by atoms with Crippen LogP contribution in [0.5, 0.6) is 0 Å². The van der Waals surface area contributed by atoms with Gasteiger partial charge in [-0.3, -0.25) is 0 Å². The molecule has 0 aliphatic carbocycles. The van der Waals surface area contributed by atoms with Gasteiger partial charge >= 0.3 is 0 Å². The maximum absolute atomic E-state index is 14.2. The summed E-state index contributed by atoms with van der Waals surface area (Å²) in [6, 6.07) is 8.24. The number of hydrogen-bond donors (Lipinski definition) is 0. The van der Waals surface area contributed by atoms with Gasteiger partial charge in [0.05, 0.1) is 4.90 Å². The standard InChI is InChI=1S/C16H10ClF2NO2S2/c17-10-1-4-12(5-2-10)24(21,22)15(16-20-7-8-23-16)13-9-11(18)3-6-14(13)19/h1-9,15H. The van der Waals surface area contributed by atoms with Crippen molar-refractivity contribution in [2.24, 2.45) is 0 Å². The van der Waals surface area contributed by atoms with Crippen molar-refractivity contribution in [1.82, 2.24) is 4.98 Å². The lowest BCUT2D eigenvalue weighted by molar-refractivity contribution is 0.569. The Balaban J connectivity index is 2.22. The molecule has 1 unspecified atom stereocenters. The van der Waals surface area contributed by atoms with E-state index in [2.05, 4.69) is 4.98 Å². The van der Waals surface area contributed by atoms with Gasteiger partial charge in [0.2, 0.25) is 0 Å². The second-order valence-corrected chi connectivity index (χ2v) is 8.31. The van der Waals surface area contributed by atoms with Gasteiger partial charge in [-0.2, -0.15) is 0 Å². The Labute approximate surface area is 146 Å². The Morgan fingerprint density at radius 1 is 1.08 bits per heavy atom. The van der Waals surface area contributed by atoms with Gasteiger partial charge < -0.3 is 0 Å². The van der Waals surface area contributed by atoms with Crippen LogP contribution >= 0.6 is 22.9 Å². The molecule has 0 radical (unpaired) electrons. The summed E-state index contributed by atoms with van der Waals surface area (Å²) in [5, 5.41) is 0.678. The SMILES string of the molecule is O=S(=O)(c1ccc(Cl)cc1)C(c1nccs1)c1cc(F)ccc1F. The molecule has 1 atom stereocenters. The van der Waals surface area contributed by atoms with E-state index in [0.29, 0.717) is 5.02 Å². The van der Waals surface area contributed by atoms with Crippen molar-refractivity contribution in [3.8, 4) is 0 Å². The molecule has 3 rings (SSSR count). The van der Waals surface area contributed by atoms with Crippen LogP contribution in [0.4, 0.5) is 8.78 Å². The summed E-state index contributed by atoms with van der Waals surface area (Å²) < 4.78 is 53.9. The summed E-state index contributed by atoms with van der Waals surface area (Å²) >= 11 is 6.85. The molecular weight excluding hydrogens is 376 g/mol. The summed E-state index contributed by atoms with van der Waals surface area (Å²) in [6.45, 7) is 0. The molecule has 3 aromatic rings. The van der Waals surface area contributed by atoms with E-state index in [1.807, 2.05) is 0 Å². The number of aromatic nitrogens is 1. The molecule has 0 fully saturated rings. The molecular formula is C16H10ClF2NO2S2. The molecule has 3 nitrogen and oxygen atoms in total. The number of halogens is 3. The number of benzene rings is 2. The number of sulfone groups is 1. The van der Waals surface area contributed by atoms with Crippen LogP contribution in [0.15, 0.2) is 58.9 Å². The molecule has 0 bridgehead atoms. The zero-order chi connectivity index (χ0) is 17.3. The van der Waals surface area contributed by atoms with E-state index in [4.69, 9.17) is 11.6 Å². The van der Waals surface area contributed by atoms with E-state index < -0.39 is 26.7 Å². The normalized spacial score (nSPS) is 13.0. The van der Waals surface area contributed by atoms with Crippen molar-refractivity contribution >= 4 is 32.8 Å². The minimum atomic E-state index is -4.05. The van der Waals surface area contributed by atoms with Crippen LogP contribution in [0.2, 0.25) is 5.02 Å². The summed E-state index contributed by atoms with van der Waals surface area (Å²) in [7, 11) is -4.05. The van der Waals surface area contributed by atoms with Crippen molar-refractivity contribution in [2.75, 3.05) is 0 Å². The highest BCUT2D eigenvalue weighted by molar-refractivity contribution is 7.92. The summed E-state index contributed by atoms with van der Waals surface area (Å²) in [6.07, 6.45) is 1.42. The average Bonchev–Trinajstić information content (AvgIpc) is 3.05. The molecule has 0 N–H and O–H groups in total. The molecule has 2 aromatic carbocycles. The van der Waals surface area contributed by atoms with Gasteiger partial charge in [0.25, 0.3) is 0 Å². The van der Waals surface area contributed by atoms with Gasteiger partial charge in [-0.25, -0.2) is 22.2 Å². The van der Waals surface area contributed by atoms with Crippen LogP contribution < -0.4 is 0 Å². The Kier molecular flexibility index (Phi) is 4.67. The Morgan fingerprint density at radius 2 is 1.79 bits per heavy atom. The van der Waals surface area contributed by atoms with Gasteiger partial charge in [-0.15, -0.1) is 11.3 Å². The highest BCUT2D eigenvalue weighted by Crippen LogP contribution is 2.37. The monoisotopic (exact) mass is 385 g/mol. The fourth-order valence-electron chi connectivity index (χ4n) is 2.27. The summed E-state index contributed by atoms with van der Waals surface area (Å²) in [4.78, 5) is 3.95. The van der Waals surface area contributed by atoms with Crippen LogP contribution in [0.1, 0.15) is 15.8 Å². The molecule has 1 aromatic heterocycles. The molecule has 124 valence electrons. The van der Waals surface area contributed by atoms with Crippen LogP contribution in [0, 0.1) is 11.6 Å². The third-order valence-electron chi connectivity index (χ3n) is 3.37. The van der Waals surface area contributed by atoms with Gasteiger partial charge in [0, 0.05) is 22.2 Å². The maximum atomic E-state index is 14.2. The fourth-order valence-corrected chi connectivity index (χ4v) is 5.21. The lowest BCUT2D eigenvalue weighted by Crippen LogP contribution is -2.16. The smallest absolute Gasteiger partial charge is 0.192 e. The quantitative estimate of drug-likeness (QED) is 0.657. The molecule has 0 saturated heterocycles. The van der Waals surface area contributed by atoms with Gasteiger partial charge in [-0.1, -0.05) is 11.6 Å². The lowest BCUT2D eigenvalue weighted by atomic mass is 10.1. The second-order valence-electron chi connectivity index (χ2n) is 4.92. The first-order valence-electron chi connectivity index (χ1n) is 6.73.